The number of anilines is 1. The molecule has 2 aromatic carbocycles. The molecule has 1 amide bonds. The van der Waals surface area contributed by atoms with Crippen LogP contribution in [0.5, 0.6) is 5.75 Å². The molecule has 0 aliphatic carbocycles. The van der Waals surface area contributed by atoms with E-state index in [1.807, 2.05) is 29.2 Å². The number of halogens is 2. The van der Waals surface area contributed by atoms with Crippen LogP contribution in [-0.2, 0) is 6.61 Å². The van der Waals surface area contributed by atoms with Crippen LogP contribution in [0.3, 0.4) is 0 Å². The standard InChI is InChI=1S/C23H21BrFN3O2/c24-19-6-9-22(26-15-19)27-10-12-28(13-11-27)23(29)18-2-1-3-21(14-18)30-16-17-4-7-20(25)8-5-17/h1-9,14-15H,10-13,16H2. The van der Waals surface area contributed by atoms with E-state index < -0.39 is 0 Å². The lowest BCUT2D eigenvalue weighted by Crippen LogP contribution is -2.49. The Balaban J connectivity index is 1.35. The van der Waals surface area contributed by atoms with E-state index in [0.717, 1.165) is 28.9 Å². The average molecular weight is 470 g/mol. The highest BCUT2D eigenvalue weighted by atomic mass is 79.9. The van der Waals surface area contributed by atoms with Crippen molar-refractivity contribution in [1.29, 1.82) is 0 Å². The third-order valence-corrected chi connectivity index (χ3v) is 5.47. The van der Waals surface area contributed by atoms with Crippen LogP contribution in [0.15, 0.2) is 71.3 Å². The fourth-order valence-corrected chi connectivity index (χ4v) is 3.58. The second kappa shape index (κ2) is 9.26. The second-order valence-corrected chi connectivity index (χ2v) is 7.97. The molecule has 1 aliphatic rings. The molecule has 0 N–H and O–H groups in total. The van der Waals surface area contributed by atoms with Crippen LogP contribution in [0.1, 0.15) is 15.9 Å². The molecule has 154 valence electrons. The van der Waals surface area contributed by atoms with Crippen LogP contribution < -0.4 is 9.64 Å². The topological polar surface area (TPSA) is 45.7 Å². The first kappa shape index (κ1) is 20.3. The fraction of sp³-hybridized carbons (Fsp3) is 0.217. The molecule has 1 saturated heterocycles. The van der Waals surface area contributed by atoms with Crippen molar-refractivity contribution in [3.8, 4) is 5.75 Å². The molecular weight excluding hydrogens is 449 g/mol. The maximum Gasteiger partial charge on any atom is 0.254 e. The van der Waals surface area contributed by atoms with Gasteiger partial charge in [0.25, 0.3) is 5.91 Å². The molecule has 5 nitrogen and oxygen atoms in total. The first-order valence-corrected chi connectivity index (χ1v) is 10.5. The summed E-state index contributed by atoms with van der Waals surface area (Å²) in [6.07, 6.45) is 1.78. The summed E-state index contributed by atoms with van der Waals surface area (Å²) in [7, 11) is 0. The SMILES string of the molecule is O=C(c1cccc(OCc2ccc(F)cc2)c1)N1CCN(c2ccc(Br)cn2)CC1. The van der Waals surface area contributed by atoms with Gasteiger partial charge >= 0.3 is 0 Å². The highest BCUT2D eigenvalue weighted by Crippen LogP contribution is 2.20. The number of aromatic nitrogens is 1. The Morgan fingerprint density at radius 1 is 1.03 bits per heavy atom. The van der Waals surface area contributed by atoms with Gasteiger partial charge in [-0.05, 0) is 64.0 Å². The molecule has 0 bridgehead atoms. The lowest BCUT2D eigenvalue weighted by Gasteiger charge is -2.35. The van der Waals surface area contributed by atoms with Crippen molar-refractivity contribution in [1.82, 2.24) is 9.88 Å². The molecule has 7 heteroatoms. The number of benzene rings is 2. The minimum absolute atomic E-state index is 0.00866. The molecule has 0 spiro atoms. The molecule has 3 aromatic rings. The van der Waals surface area contributed by atoms with Crippen molar-refractivity contribution < 1.29 is 13.9 Å². The number of hydrogen-bond acceptors (Lipinski definition) is 4. The van der Waals surface area contributed by atoms with Gasteiger partial charge in [-0.25, -0.2) is 9.37 Å². The smallest absolute Gasteiger partial charge is 0.254 e. The molecule has 1 aromatic heterocycles. The van der Waals surface area contributed by atoms with Crippen LogP contribution in [0, 0.1) is 5.82 Å². The van der Waals surface area contributed by atoms with Crippen LogP contribution in [0.4, 0.5) is 10.2 Å². The van der Waals surface area contributed by atoms with E-state index in [9.17, 15) is 9.18 Å². The zero-order valence-electron chi connectivity index (χ0n) is 16.3. The van der Waals surface area contributed by atoms with Gasteiger partial charge in [-0.3, -0.25) is 4.79 Å². The number of nitrogens with zero attached hydrogens (tertiary/aromatic N) is 3. The second-order valence-electron chi connectivity index (χ2n) is 7.06. The summed E-state index contributed by atoms with van der Waals surface area (Å²) < 4.78 is 19.7. The Morgan fingerprint density at radius 2 is 1.80 bits per heavy atom. The van der Waals surface area contributed by atoms with E-state index in [-0.39, 0.29) is 11.7 Å². The number of pyridine rings is 1. The van der Waals surface area contributed by atoms with Crippen molar-refractivity contribution in [3.05, 3.63) is 88.3 Å². The maximum atomic E-state index is 13.0. The van der Waals surface area contributed by atoms with Gasteiger partial charge in [0.05, 0.1) is 0 Å². The Bertz CT molecular complexity index is 1000. The van der Waals surface area contributed by atoms with Gasteiger partial charge in [0.1, 0.15) is 24.0 Å². The molecule has 0 atom stereocenters. The summed E-state index contributed by atoms with van der Waals surface area (Å²) in [6, 6.07) is 17.3. The monoisotopic (exact) mass is 469 g/mol. The molecule has 1 aliphatic heterocycles. The van der Waals surface area contributed by atoms with Gasteiger partial charge in [-0.15, -0.1) is 0 Å². The highest BCUT2D eigenvalue weighted by molar-refractivity contribution is 9.10. The number of amides is 1. The van der Waals surface area contributed by atoms with Gasteiger partial charge in [-0.2, -0.15) is 0 Å². The number of carbonyl (C=O) groups excluding carboxylic acids is 1. The van der Waals surface area contributed by atoms with Crippen LogP contribution >= 0.6 is 15.9 Å². The molecule has 0 unspecified atom stereocenters. The molecular formula is C23H21BrFN3O2. The molecule has 4 rings (SSSR count). The van der Waals surface area contributed by atoms with Crippen molar-refractivity contribution in [2.45, 2.75) is 6.61 Å². The molecule has 0 radical (unpaired) electrons. The summed E-state index contributed by atoms with van der Waals surface area (Å²) in [4.78, 5) is 21.4. The van der Waals surface area contributed by atoms with Crippen LogP contribution in [-0.4, -0.2) is 42.0 Å². The highest BCUT2D eigenvalue weighted by Gasteiger charge is 2.23. The van der Waals surface area contributed by atoms with Crippen molar-refractivity contribution >= 4 is 27.7 Å². The van der Waals surface area contributed by atoms with Gasteiger partial charge in [-0.1, -0.05) is 18.2 Å². The Morgan fingerprint density at radius 3 is 2.50 bits per heavy atom. The van der Waals surface area contributed by atoms with Gasteiger partial charge in [0, 0.05) is 42.4 Å². The van der Waals surface area contributed by atoms with E-state index in [4.69, 9.17) is 4.74 Å². The zero-order chi connectivity index (χ0) is 20.9. The summed E-state index contributed by atoms with van der Waals surface area (Å²) in [5, 5.41) is 0. The maximum absolute atomic E-state index is 13.0. The number of ether oxygens (including phenoxy) is 1. The first-order chi connectivity index (χ1) is 14.6. The summed E-state index contributed by atoms with van der Waals surface area (Å²) in [5.74, 6) is 1.25. The first-order valence-electron chi connectivity index (χ1n) is 9.71. The minimum atomic E-state index is -0.276. The predicted octanol–water partition coefficient (Wildman–Crippen LogP) is 4.52. The van der Waals surface area contributed by atoms with E-state index in [1.54, 1.807) is 30.5 Å². The summed E-state index contributed by atoms with van der Waals surface area (Å²) in [5.41, 5.74) is 1.47. The van der Waals surface area contributed by atoms with Gasteiger partial charge < -0.3 is 14.5 Å². The van der Waals surface area contributed by atoms with Crippen molar-refractivity contribution in [2.24, 2.45) is 0 Å². The van der Waals surface area contributed by atoms with E-state index in [0.29, 0.717) is 31.0 Å². The molecule has 0 saturated carbocycles. The van der Waals surface area contributed by atoms with Gasteiger partial charge in [0.15, 0.2) is 0 Å². The van der Waals surface area contributed by atoms with Crippen molar-refractivity contribution in [3.63, 3.8) is 0 Å². The molecule has 30 heavy (non-hydrogen) atoms. The lowest BCUT2D eigenvalue weighted by atomic mass is 10.1. The number of piperazine rings is 1. The Hall–Kier alpha value is -2.93. The van der Waals surface area contributed by atoms with Crippen LogP contribution in [0.2, 0.25) is 0 Å². The largest absolute Gasteiger partial charge is 0.489 e. The minimum Gasteiger partial charge on any atom is -0.489 e. The third-order valence-electron chi connectivity index (χ3n) is 5.00. The molecule has 2 heterocycles. The summed E-state index contributed by atoms with van der Waals surface area (Å²) in [6.45, 7) is 3.06. The Kier molecular flexibility index (Phi) is 6.28. The van der Waals surface area contributed by atoms with Crippen molar-refractivity contribution in [2.75, 3.05) is 31.1 Å². The van der Waals surface area contributed by atoms with Crippen LogP contribution in [0.25, 0.3) is 0 Å². The average Bonchev–Trinajstić information content (AvgIpc) is 2.79. The quantitative estimate of drug-likeness (QED) is 0.550. The fourth-order valence-electron chi connectivity index (χ4n) is 3.34. The number of hydrogen-bond donors (Lipinski definition) is 0. The number of carbonyl (C=O) groups is 1. The Labute approximate surface area is 183 Å². The van der Waals surface area contributed by atoms with E-state index >= 15 is 0 Å². The van der Waals surface area contributed by atoms with E-state index in [1.165, 1.54) is 12.1 Å². The van der Waals surface area contributed by atoms with Gasteiger partial charge in [0.2, 0.25) is 0 Å². The van der Waals surface area contributed by atoms with E-state index in [2.05, 4.69) is 25.8 Å². The predicted molar refractivity (Wildman–Crippen MR) is 117 cm³/mol. The lowest BCUT2D eigenvalue weighted by molar-refractivity contribution is 0.0746. The normalized spacial score (nSPS) is 13.9. The summed E-state index contributed by atoms with van der Waals surface area (Å²) >= 11 is 3.40. The third kappa shape index (κ3) is 4.97. The molecule has 1 fully saturated rings. The number of rotatable bonds is 5. The zero-order valence-corrected chi connectivity index (χ0v) is 17.9.